The number of aromatic amines is 1. The molecule has 0 aliphatic heterocycles. The fourth-order valence-corrected chi connectivity index (χ4v) is 4.37. The minimum Gasteiger partial charge on any atom is -0.496 e. The van der Waals surface area contributed by atoms with E-state index in [2.05, 4.69) is 25.8 Å². The second-order valence-electron chi connectivity index (χ2n) is 8.03. The molecule has 0 unspecified atom stereocenters. The predicted octanol–water partition coefficient (Wildman–Crippen LogP) is 3.23. The maximum absolute atomic E-state index is 13.0. The van der Waals surface area contributed by atoms with Gasteiger partial charge in [0.25, 0.3) is 5.91 Å². The number of amides is 1. The average molecular weight is 409 g/mol. The molecule has 1 aromatic carbocycles. The van der Waals surface area contributed by atoms with E-state index in [0.717, 1.165) is 54.2 Å². The first-order valence-electron chi connectivity index (χ1n) is 10.4. The number of nitrogens with one attached hydrogen (secondary N) is 2. The Kier molecular flexibility index (Phi) is 5.83. The normalized spacial score (nSPS) is 18.9. The monoisotopic (exact) mass is 408 g/mol. The zero-order valence-electron chi connectivity index (χ0n) is 17.7. The van der Waals surface area contributed by atoms with E-state index < -0.39 is 0 Å². The fourth-order valence-electron chi connectivity index (χ4n) is 4.37. The van der Waals surface area contributed by atoms with Crippen LogP contribution in [-0.2, 0) is 7.05 Å². The molecule has 8 nitrogen and oxygen atoms in total. The summed E-state index contributed by atoms with van der Waals surface area (Å²) < 4.78 is 7.24. The summed E-state index contributed by atoms with van der Waals surface area (Å²) in [5.74, 6) is 2.52. The molecule has 1 aliphatic carbocycles. The molecule has 1 fully saturated rings. The minimum absolute atomic E-state index is 0.0557. The molecule has 158 valence electrons. The van der Waals surface area contributed by atoms with Crippen LogP contribution < -0.4 is 10.1 Å². The molecule has 1 amide bonds. The van der Waals surface area contributed by atoms with Gasteiger partial charge >= 0.3 is 0 Å². The number of tetrazole rings is 1. The highest BCUT2D eigenvalue weighted by Crippen LogP contribution is 2.35. The van der Waals surface area contributed by atoms with Gasteiger partial charge in [-0.2, -0.15) is 0 Å². The largest absolute Gasteiger partial charge is 0.496 e. The number of aromatic nitrogens is 5. The zero-order valence-corrected chi connectivity index (χ0v) is 17.7. The van der Waals surface area contributed by atoms with Crippen molar-refractivity contribution in [2.45, 2.75) is 38.5 Å². The maximum Gasteiger partial charge on any atom is 0.253 e. The molecule has 2 N–H and O–H groups in total. The topological polar surface area (TPSA) is 97.7 Å². The number of methoxy groups -OCH3 is 1. The molecule has 1 saturated carbocycles. The van der Waals surface area contributed by atoms with E-state index in [1.54, 1.807) is 11.8 Å². The quantitative estimate of drug-likeness (QED) is 0.653. The summed E-state index contributed by atoms with van der Waals surface area (Å²) >= 11 is 0. The number of carbonyl (C=O) groups excluding carboxylic acids is 1. The first-order valence-corrected chi connectivity index (χ1v) is 10.4. The number of hydrogen-bond acceptors (Lipinski definition) is 5. The molecule has 8 heteroatoms. The van der Waals surface area contributed by atoms with E-state index in [-0.39, 0.29) is 5.91 Å². The van der Waals surface area contributed by atoms with Crippen LogP contribution in [0.3, 0.4) is 0 Å². The summed E-state index contributed by atoms with van der Waals surface area (Å²) in [6.45, 7) is 2.64. The number of aryl methyl sites for hydroxylation is 2. The number of rotatable bonds is 6. The van der Waals surface area contributed by atoms with Crippen molar-refractivity contribution in [1.29, 1.82) is 0 Å². The Balaban J connectivity index is 1.39. The van der Waals surface area contributed by atoms with Crippen molar-refractivity contribution < 1.29 is 9.53 Å². The summed E-state index contributed by atoms with van der Waals surface area (Å²) in [6, 6.07) is 9.63. The average Bonchev–Trinajstić information content (AvgIpc) is 3.37. The lowest BCUT2D eigenvalue weighted by Gasteiger charge is -2.27. The van der Waals surface area contributed by atoms with Crippen LogP contribution in [0.25, 0.3) is 11.3 Å². The van der Waals surface area contributed by atoms with E-state index in [1.807, 2.05) is 44.3 Å². The smallest absolute Gasteiger partial charge is 0.253 e. The molecule has 30 heavy (non-hydrogen) atoms. The summed E-state index contributed by atoms with van der Waals surface area (Å²) in [7, 11) is 3.53. The summed E-state index contributed by atoms with van der Waals surface area (Å²) in [6.07, 6.45) is 4.21. The molecule has 0 atom stereocenters. The van der Waals surface area contributed by atoms with E-state index in [0.29, 0.717) is 23.9 Å². The number of benzene rings is 1. The fraction of sp³-hybridized carbons (Fsp3) is 0.455. The molecule has 0 saturated heterocycles. The zero-order chi connectivity index (χ0) is 21.1. The van der Waals surface area contributed by atoms with Gasteiger partial charge in [-0.05, 0) is 67.2 Å². The van der Waals surface area contributed by atoms with Gasteiger partial charge < -0.3 is 15.0 Å². The summed E-state index contributed by atoms with van der Waals surface area (Å²) in [4.78, 5) is 16.3. The Labute approximate surface area is 176 Å². The van der Waals surface area contributed by atoms with Gasteiger partial charge in [0, 0.05) is 30.8 Å². The molecular weight excluding hydrogens is 380 g/mol. The molecule has 4 rings (SSSR count). The molecular formula is C22H28N6O2. The van der Waals surface area contributed by atoms with Gasteiger partial charge in [0.1, 0.15) is 5.75 Å². The minimum atomic E-state index is -0.0557. The third-order valence-corrected chi connectivity index (χ3v) is 5.99. The van der Waals surface area contributed by atoms with E-state index >= 15 is 0 Å². The van der Waals surface area contributed by atoms with E-state index in [1.165, 1.54) is 0 Å². The number of para-hydroxylation sites is 1. The summed E-state index contributed by atoms with van der Waals surface area (Å²) in [5, 5.41) is 15.0. The van der Waals surface area contributed by atoms with Crippen molar-refractivity contribution in [3.8, 4) is 17.0 Å². The molecule has 1 aliphatic rings. The highest BCUT2D eigenvalue weighted by atomic mass is 16.5. The predicted molar refractivity (Wildman–Crippen MR) is 113 cm³/mol. The van der Waals surface area contributed by atoms with Crippen molar-refractivity contribution in [2.24, 2.45) is 13.0 Å². The standard InChI is InChI=1S/C22H28N6O2/c1-14-12-18(20(24-14)17-6-4-5-7-19(17)30-3)22(29)23-13-15-8-10-16(11-9-15)21-25-26-27-28(21)2/h4-7,12,15-16,24H,8-11,13H2,1-3H3,(H,23,29). The lowest BCUT2D eigenvalue weighted by molar-refractivity contribution is 0.0943. The maximum atomic E-state index is 13.0. The SMILES string of the molecule is COc1ccccc1-c1[nH]c(C)cc1C(=O)NCC1CCC(c2nnnn2C)CC1. The second-order valence-corrected chi connectivity index (χ2v) is 8.03. The van der Waals surface area contributed by atoms with Crippen molar-refractivity contribution in [3.63, 3.8) is 0 Å². The van der Waals surface area contributed by atoms with Crippen LogP contribution in [0.2, 0.25) is 0 Å². The highest BCUT2D eigenvalue weighted by molar-refractivity contribution is 6.01. The Hall–Kier alpha value is -3.16. The third-order valence-electron chi connectivity index (χ3n) is 5.99. The Morgan fingerprint density at radius 1 is 1.27 bits per heavy atom. The second kappa shape index (κ2) is 8.69. The molecule has 2 aromatic heterocycles. The van der Waals surface area contributed by atoms with Gasteiger partial charge in [-0.3, -0.25) is 4.79 Å². The lowest BCUT2D eigenvalue weighted by atomic mass is 9.81. The van der Waals surface area contributed by atoms with Crippen molar-refractivity contribution in [3.05, 3.63) is 47.4 Å². The van der Waals surface area contributed by atoms with Gasteiger partial charge in [-0.25, -0.2) is 4.68 Å². The van der Waals surface area contributed by atoms with Crippen molar-refractivity contribution in [1.82, 2.24) is 30.5 Å². The Morgan fingerprint density at radius 2 is 2.03 bits per heavy atom. The molecule has 0 spiro atoms. The molecule has 0 radical (unpaired) electrons. The van der Waals surface area contributed by atoms with Crippen LogP contribution in [0.5, 0.6) is 5.75 Å². The van der Waals surface area contributed by atoms with E-state index in [4.69, 9.17) is 4.74 Å². The molecule has 0 bridgehead atoms. The van der Waals surface area contributed by atoms with Crippen LogP contribution in [0, 0.1) is 12.8 Å². The number of carbonyl (C=O) groups is 1. The number of hydrogen-bond donors (Lipinski definition) is 2. The van der Waals surface area contributed by atoms with Crippen LogP contribution in [0.15, 0.2) is 30.3 Å². The number of nitrogens with zero attached hydrogens (tertiary/aromatic N) is 4. The van der Waals surface area contributed by atoms with Gasteiger partial charge in [-0.15, -0.1) is 5.10 Å². The Bertz CT molecular complexity index is 1020. The lowest BCUT2D eigenvalue weighted by Crippen LogP contribution is -2.31. The van der Waals surface area contributed by atoms with E-state index in [9.17, 15) is 4.79 Å². The highest BCUT2D eigenvalue weighted by Gasteiger charge is 2.26. The van der Waals surface area contributed by atoms with Gasteiger partial charge in [0.15, 0.2) is 5.82 Å². The van der Waals surface area contributed by atoms with Crippen LogP contribution in [0.1, 0.15) is 53.5 Å². The number of H-pyrrole nitrogens is 1. The van der Waals surface area contributed by atoms with Crippen molar-refractivity contribution in [2.75, 3.05) is 13.7 Å². The van der Waals surface area contributed by atoms with Crippen molar-refractivity contribution >= 4 is 5.91 Å². The first kappa shape index (κ1) is 20.1. The van der Waals surface area contributed by atoms with Crippen LogP contribution in [-0.4, -0.2) is 44.8 Å². The molecule has 3 aromatic rings. The summed E-state index contributed by atoms with van der Waals surface area (Å²) in [5.41, 5.74) is 3.27. The van der Waals surface area contributed by atoms with Gasteiger partial charge in [0.05, 0.1) is 18.4 Å². The van der Waals surface area contributed by atoms with Gasteiger partial charge in [0.2, 0.25) is 0 Å². The van der Waals surface area contributed by atoms with Gasteiger partial charge in [-0.1, -0.05) is 12.1 Å². The molecule has 2 heterocycles. The third kappa shape index (κ3) is 4.08. The number of ether oxygens (including phenoxy) is 1. The Morgan fingerprint density at radius 3 is 2.73 bits per heavy atom. The van der Waals surface area contributed by atoms with Crippen LogP contribution in [0.4, 0.5) is 0 Å². The van der Waals surface area contributed by atoms with Crippen LogP contribution >= 0.6 is 0 Å². The first-order chi connectivity index (χ1) is 14.6.